The molecule has 0 radical (unpaired) electrons. The summed E-state index contributed by atoms with van der Waals surface area (Å²) in [5, 5.41) is 0.750. The van der Waals surface area contributed by atoms with E-state index in [4.69, 9.17) is 33.8 Å². The molecule has 0 bridgehead atoms. The number of unbranched alkanes of at least 4 members (excludes halogenated alkanes) is 1. The van der Waals surface area contributed by atoms with Crippen molar-refractivity contribution in [3.05, 3.63) is 16.1 Å². The molecule has 1 rings (SSSR count). The van der Waals surface area contributed by atoms with Crippen LogP contribution in [0, 0.1) is 0 Å². The topological polar surface area (TPSA) is 60.2 Å². The quantitative estimate of drug-likeness (QED) is 0.479. The fourth-order valence-corrected chi connectivity index (χ4v) is 1.43. The minimum atomic E-state index is 0.350. The molecule has 0 atom stereocenters. The first-order chi connectivity index (χ1) is 7.19. The van der Waals surface area contributed by atoms with Crippen molar-refractivity contribution in [3.8, 4) is 5.88 Å². The van der Waals surface area contributed by atoms with E-state index in [-0.39, 0.29) is 0 Å². The molecule has 4 nitrogen and oxygen atoms in total. The Balaban J connectivity index is 2.78. The number of halogens is 2. The first kappa shape index (κ1) is 12.4. The SMILES string of the molecule is CCCCOc1nc(NN)c(Cl)cc1Cl. The molecule has 0 fully saturated rings. The van der Waals surface area contributed by atoms with Crippen LogP contribution < -0.4 is 16.0 Å². The zero-order valence-corrected chi connectivity index (χ0v) is 9.90. The highest BCUT2D eigenvalue weighted by molar-refractivity contribution is 6.36. The zero-order valence-electron chi connectivity index (χ0n) is 8.39. The van der Waals surface area contributed by atoms with Crippen LogP contribution in [0.3, 0.4) is 0 Å². The first-order valence-electron chi connectivity index (χ1n) is 4.64. The summed E-state index contributed by atoms with van der Waals surface area (Å²) in [6, 6.07) is 1.55. The lowest BCUT2D eigenvalue weighted by Crippen LogP contribution is -2.10. The van der Waals surface area contributed by atoms with Gasteiger partial charge >= 0.3 is 0 Å². The molecule has 0 unspecified atom stereocenters. The van der Waals surface area contributed by atoms with Gasteiger partial charge in [-0.05, 0) is 12.5 Å². The second kappa shape index (κ2) is 6.00. The van der Waals surface area contributed by atoms with Crippen LogP contribution in [0.15, 0.2) is 6.07 Å². The lowest BCUT2D eigenvalue weighted by molar-refractivity contribution is 0.298. The van der Waals surface area contributed by atoms with Crippen molar-refractivity contribution < 1.29 is 4.74 Å². The Hall–Kier alpha value is -0.710. The van der Waals surface area contributed by atoms with Gasteiger partial charge in [-0.2, -0.15) is 4.98 Å². The maximum absolute atomic E-state index is 5.90. The van der Waals surface area contributed by atoms with Gasteiger partial charge in [0.2, 0.25) is 5.88 Å². The Morgan fingerprint density at radius 1 is 1.47 bits per heavy atom. The molecule has 0 spiro atoms. The summed E-state index contributed by atoms with van der Waals surface area (Å²) in [5.74, 6) is 5.93. The van der Waals surface area contributed by atoms with Gasteiger partial charge in [0.1, 0.15) is 5.02 Å². The number of anilines is 1. The third-order valence-corrected chi connectivity index (χ3v) is 2.33. The van der Waals surface area contributed by atoms with Gasteiger partial charge in [0.25, 0.3) is 0 Å². The normalized spacial score (nSPS) is 10.1. The molecule has 0 aliphatic carbocycles. The maximum atomic E-state index is 5.90. The van der Waals surface area contributed by atoms with Crippen molar-refractivity contribution in [3.63, 3.8) is 0 Å². The number of hydrogen-bond donors (Lipinski definition) is 2. The van der Waals surface area contributed by atoms with Crippen LogP contribution in [0.5, 0.6) is 5.88 Å². The van der Waals surface area contributed by atoms with Crippen LogP contribution in [0.2, 0.25) is 10.0 Å². The average Bonchev–Trinajstić information content (AvgIpc) is 2.21. The van der Waals surface area contributed by atoms with Gasteiger partial charge < -0.3 is 10.2 Å². The molecule has 0 saturated heterocycles. The number of hydrogen-bond acceptors (Lipinski definition) is 4. The van der Waals surface area contributed by atoms with E-state index in [1.165, 1.54) is 0 Å². The van der Waals surface area contributed by atoms with Crippen LogP contribution in [0.25, 0.3) is 0 Å². The van der Waals surface area contributed by atoms with Crippen molar-refractivity contribution >= 4 is 29.0 Å². The fourth-order valence-electron chi connectivity index (χ4n) is 0.965. The number of aromatic nitrogens is 1. The van der Waals surface area contributed by atoms with Crippen molar-refractivity contribution in [2.24, 2.45) is 5.84 Å². The molecular weight excluding hydrogens is 237 g/mol. The van der Waals surface area contributed by atoms with Gasteiger partial charge in [-0.15, -0.1) is 0 Å². The third kappa shape index (κ3) is 3.41. The molecule has 1 aromatic heterocycles. The van der Waals surface area contributed by atoms with Crippen LogP contribution in [-0.4, -0.2) is 11.6 Å². The second-order valence-electron chi connectivity index (χ2n) is 2.95. The standard InChI is InChI=1S/C9H13Cl2N3O/c1-2-3-4-15-9-7(11)5-6(10)8(13-9)14-12/h5H,2-4,12H2,1H3,(H,13,14). The fraction of sp³-hybridized carbons (Fsp3) is 0.444. The number of rotatable bonds is 5. The first-order valence-corrected chi connectivity index (χ1v) is 5.40. The zero-order chi connectivity index (χ0) is 11.3. The molecule has 15 heavy (non-hydrogen) atoms. The van der Waals surface area contributed by atoms with E-state index in [0.717, 1.165) is 12.8 Å². The maximum Gasteiger partial charge on any atom is 0.234 e. The largest absolute Gasteiger partial charge is 0.477 e. The summed E-state index contributed by atoms with van der Waals surface area (Å²) in [4.78, 5) is 4.04. The average molecular weight is 250 g/mol. The number of nitrogens with zero attached hydrogens (tertiary/aromatic N) is 1. The van der Waals surface area contributed by atoms with Gasteiger partial charge in [-0.1, -0.05) is 36.5 Å². The monoisotopic (exact) mass is 249 g/mol. The summed E-state index contributed by atoms with van der Waals surface area (Å²) >= 11 is 11.7. The second-order valence-corrected chi connectivity index (χ2v) is 3.77. The summed E-state index contributed by atoms with van der Waals surface area (Å²) < 4.78 is 5.38. The molecule has 1 aromatic rings. The molecule has 0 saturated carbocycles. The van der Waals surface area contributed by atoms with Crippen molar-refractivity contribution in [2.45, 2.75) is 19.8 Å². The van der Waals surface area contributed by atoms with Gasteiger partial charge in [-0.3, -0.25) is 0 Å². The minimum absolute atomic E-state index is 0.350. The van der Waals surface area contributed by atoms with E-state index in [9.17, 15) is 0 Å². The van der Waals surface area contributed by atoms with E-state index in [1.807, 2.05) is 0 Å². The van der Waals surface area contributed by atoms with Crippen molar-refractivity contribution in [1.29, 1.82) is 0 Å². The number of nitrogen functional groups attached to an aromatic ring is 1. The Morgan fingerprint density at radius 2 is 2.20 bits per heavy atom. The van der Waals surface area contributed by atoms with Gasteiger partial charge in [-0.25, -0.2) is 5.84 Å². The van der Waals surface area contributed by atoms with Crippen molar-refractivity contribution in [1.82, 2.24) is 4.98 Å². The van der Waals surface area contributed by atoms with Crippen LogP contribution in [-0.2, 0) is 0 Å². The number of pyridine rings is 1. The summed E-state index contributed by atoms with van der Waals surface area (Å²) in [5.41, 5.74) is 2.37. The van der Waals surface area contributed by atoms with E-state index in [1.54, 1.807) is 6.07 Å². The van der Waals surface area contributed by atoms with Gasteiger partial charge in [0.05, 0.1) is 11.6 Å². The predicted octanol–water partition coefficient (Wildman–Crippen LogP) is 2.85. The Bertz CT molecular complexity index is 333. The molecule has 3 N–H and O–H groups in total. The Kier molecular flexibility index (Phi) is 4.94. The Labute approximate surface area is 98.7 Å². The third-order valence-electron chi connectivity index (χ3n) is 1.77. The lowest BCUT2D eigenvalue weighted by Gasteiger charge is -2.09. The molecule has 84 valence electrons. The molecule has 0 aromatic carbocycles. The molecule has 0 amide bonds. The summed E-state index contributed by atoms with van der Waals surface area (Å²) in [6.45, 7) is 2.65. The predicted molar refractivity (Wildman–Crippen MR) is 62.5 cm³/mol. The summed E-state index contributed by atoms with van der Waals surface area (Å²) in [7, 11) is 0. The number of nitrogens with two attached hydrogens (primary N) is 1. The highest BCUT2D eigenvalue weighted by atomic mass is 35.5. The molecular formula is C9H13Cl2N3O. The smallest absolute Gasteiger partial charge is 0.234 e. The van der Waals surface area contributed by atoms with E-state index < -0.39 is 0 Å². The van der Waals surface area contributed by atoms with E-state index >= 15 is 0 Å². The number of ether oxygens (including phenoxy) is 1. The number of nitrogens with one attached hydrogen (secondary N) is 1. The molecule has 6 heteroatoms. The molecule has 0 aliphatic heterocycles. The van der Waals surface area contributed by atoms with Gasteiger partial charge in [0, 0.05) is 0 Å². The van der Waals surface area contributed by atoms with Crippen LogP contribution in [0.4, 0.5) is 5.82 Å². The highest BCUT2D eigenvalue weighted by Crippen LogP contribution is 2.30. The Morgan fingerprint density at radius 3 is 2.80 bits per heavy atom. The highest BCUT2D eigenvalue weighted by Gasteiger charge is 2.09. The van der Waals surface area contributed by atoms with Crippen LogP contribution in [0.1, 0.15) is 19.8 Å². The molecule has 1 heterocycles. The minimum Gasteiger partial charge on any atom is -0.477 e. The van der Waals surface area contributed by atoms with Crippen molar-refractivity contribution in [2.75, 3.05) is 12.0 Å². The lowest BCUT2D eigenvalue weighted by atomic mass is 10.4. The number of hydrazine groups is 1. The molecule has 0 aliphatic rings. The van der Waals surface area contributed by atoms with Crippen LogP contribution >= 0.6 is 23.2 Å². The van der Waals surface area contributed by atoms with E-state index in [2.05, 4.69) is 17.3 Å². The van der Waals surface area contributed by atoms with Gasteiger partial charge in [0.15, 0.2) is 5.82 Å². The van der Waals surface area contributed by atoms with E-state index in [0.29, 0.717) is 28.3 Å². The summed E-state index contributed by atoms with van der Waals surface area (Å²) in [6.07, 6.45) is 2.00.